The number of nitrogens with zero attached hydrogens (tertiary/aromatic N) is 1. The average Bonchev–Trinajstić information content (AvgIpc) is 3.13. The van der Waals surface area contributed by atoms with Crippen LogP contribution < -0.4 is 4.90 Å². The Morgan fingerprint density at radius 2 is 1.62 bits per heavy atom. The third-order valence-corrected chi connectivity index (χ3v) is 8.97. The Kier molecular flexibility index (Phi) is 5.73. The lowest BCUT2D eigenvalue weighted by atomic mass is 9.59. The number of ketones is 2. The number of amides is 2. The summed E-state index contributed by atoms with van der Waals surface area (Å²) >= 11 is 6.85. The molecule has 6 rings (SSSR count). The summed E-state index contributed by atoms with van der Waals surface area (Å²) in [4.78, 5) is 55.2. The van der Waals surface area contributed by atoms with E-state index in [1.807, 2.05) is 6.08 Å². The Labute approximate surface area is 230 Å². The van der Waals surface area contributed by atoms with Gasteiger partial charge >= 0.3 is 0 Å². The van der Waals surface area contributed by atoms with Gasteiger partial charge in [0.2, 0.25) is 11.8 Å². The molecule has 1 heterocycles. The van der Waals surface area contributed by atoms with Crippen LogP contribution in [0.5, 0.6) is 5.75 Å². The summed E-state index contributed by atoms with van der Waals surface area (Å²) in [6.45, 7) is 1.62. The number of carbonyl (C=O) groups is 4. The summed E-state index contributed by atoms with van der Waals surface area (Å²) < 4.78 is 1.55. The van der Waals surface area contributed by atoms with Crippen LogP contribution in [0.3, 0.4) is 0 Å². The van der Waals surface area contributed by atoms with Gasteiger partial charge in [-0.15, -0.1) is 0 Å². The van der Waals surface area contributed by atoms with E-state index in [-0.39, 0.29) is 35.6 Å². The number of phenols is 1. The van der Waals surface area contributed by atoms with Gasteiger partial charge in [-0.25, -0.2) is 0 Å². The maximum absolute atomic E-state index is 13.8. The lowest BCUT2D eigenvalue weighted by molar-refractivity contribution is -0.123. The molecule has 0 spiro atoms. The molecule has 8 heteroatoms. The highest BCUT2D eigenvalue weighted by molar-refractivity contribution is 9.10. The van der Waals surface area contributed by atoms with E-state index in [0.717, 1.165) is 10.0 Å². The Bertz CT molecular complexity index is 1520. The smallest absolute Gasteiger partial charge is 0.238 e. The molecule has 2 aromatic rings. The molecule has 4 aliphatic rings. The van der Waals surface area contributed by atoms with Gasteiger partial charge in [0.25, 0.3) is 0 Å². The van der Waals surface area contributed by atoms with Gasteiger partial charge in [0, 0.05) is 37.1 Å². The van der Waals surface area contributed by atoms with Gasteiger partial charge in [-0.2, -0.15) is 0 Å². The van der Waals surface area contributed by atoms with Crippen molar-refractivity contribution in [3.8, 4) is 5.75 Å². The molecule has 2 amide bonds. The van der Waals surface area contributed by atoms with Gasteiger partial charge < -0.3 is 5.11 Å². The fourth-order valence-corrected chi connectivity index (χ4v) is 6.96. The number of rotatable bonds is 2. The third kappa shape index (κ3) is 3.64. The predicted octanol–water partition coefficient (Wildman–Crippen LogP) is 5.55. The van der Waals surface area contributed by atoms with Crippen LogP contribution in [-0.2, 0) is 19.2 Å². The number of anilines is 1. The first-order valence-electron chi connectivity index (χ1n) is 12.0. The monoisotopic (exact) mass is 621 g/mol. The molecule has 0 aromatic heterocycles. The highest BCUT2D eigenvalue weighted by atomic mass is 79.9. The van der Waals surface area contributed by atoms with Crippen molar-refractivity contribution in [1.29, 1.82) is 0 Å². The van der Waals surface area contributed by atoms with Crippen LogP contribution in [0.25, 0.3) is 0 Å². The summed E-state index contributed by atoms with van der Waals surface area (Å²) in [7, 11) is 0. The molecule has 1 aliphatic heterocycles. The van der Waals surface area contributed by atoms with Crippen molar-refractivity contribution in [2.45, 2.75) is 25.7 Å². The second kappa shape index (κ2) is 8.74. The lowest BCUT2D eigenvalue weighted by Crippen LogP contribution is -2.39. The van der Waals surface area contributed by atoms with Gasteiger partial charge in [-0.05, 0) is 74.2 Å². The van der Waals surface area contributed by atoms with E-state index in [1.54, 1.807) is 49.4 Å². The van der Waals surface area contributed by atoms with Crippen molar-refractivity contribution in [3.05, 3.63) is 91.4 Å². The zero-order valence-electron chi connectivity index (χ0n) is 19.7. The number of hydrogen-bond acceptors (Lipinski definition) is 5. The predicted molar refractivity (Wildman–Crippen MR) is 144 cm³/mol. The molecule has 1 N–H and O–H groups in total. The number of allylic oxidation sites excluding steroid dienone is 6. The van der Waals surface area contributed by atoms with E-state index in [0.29, 0.717) is 38.9 Å². The minimum absolute atomic E-state index is 0.00138. The molecular weight excluding hydrogens is 602 g/mol. The van der Waals surface area contributed by atoms with E-state index in [9.17, 15) is 24.3 Å². The van der Waals surface area contributed by atoms with E-state index in [2.05, 4.69) is 31.9 Å². The quantitative estimate of drug-likeness (QED) is 0.269. The molecule has 0 radical (unpaired) electrons. The Hall–Kier alpha value is -3.10. The topological polar surface area (TPSA) is 91.8 Å². The van der Waals surface area contributed by atoms with Crippen LogP contribution in [-0.4, -0.2) is 28.5 Å². The summed E-state index contributed by atoms with van der Waals surface area (Å²) in [5, 5.41) is 10.9. The summed E-state index contributed by atoms with van der Waals surface area (Å²) in [6, 6.07) is 12.0. The van der Waals surface area contributed by atoms with E-state index < -0.39 is 23.7 Å². The fraction of sp³-hybridized carbons (Fsp3) is 0.241. The lowest BCUT2D eigenvalue weighted by Gasteiger charge is -2.42. The van der Waals surface area contributed by atoms with Gasteiger partial charge in [-0.1, -0.05) is 43.5 Å². The standard InChI is InChI=1S/C29H21Br2NO5/c1-13-10-23(34)21-12-19-17(24(26(21)27(13)35)20-11-15(31)4-9-22(20)33)7-8-18-25(19)29(37)32(28(18)36)16-5-2-14(30)3-6-16/h2-7,9-11,18-19,24-25,33H,8,12H2,1H3/t18-,19+,24+,25-/m0/s1. The Morgan fingerprint density at radius 1 is 0.919 bits per heavy atom. The molecular formula is C29H21Br2NO5. The van der Waals surface area contributed by atoms with Crippen molar-refractivity contribution >= 4 is 60.9 Å². The normalized spacial score (nSPS) is 27.1. The van der Waals surface area contributed by atoms with E-state index in [1.165, 1.54) is 11.0 Å². The molecule has 1 fully saturated rings. The maximum Gasteiger partial charge on any atom is 0.238 e. The van der Waals surface area contributed by atoms with Crippen LogP contribution in [0.1, 0.15) is 31.2 Å². The van der Waals surface area contributed by atoms with Crippen LogP contribution in [0.2, 0.25) is 0 Å². The number of imide groups is 1. The summed E-state index contributed by atoms with van der Waals surface area (Å²) in [5.74, 6) is -3.36. The number of hydrogen-bond donors (Lipinski definition) is 1. The van der Waals surface area contributed by atoms with Crippen LogP contribution in [0, 0.1) is 17.8 Å². The largest absolute Gasteiger partial charge is 0.508 e. The molecule has 3 aliphatic carbocycles. The highest BCUT2D eigenvalue weighted by Gasteiger charge is 2.56. The molecule has 0 saturated carbocycles. The zero-order chi connectivity index (χ0) is 26.2. The van der Waals surface area contributed by atoms with Crippen molar-refractivity contribution < 1.29 is 24.3 Å². The van der Waals surface area contributed by atoms with Gasteiger partial charge in [0.05, 0.1) is 17.5 Å². The minimum atomic E-state index is -0.683. The maximum atomic E-state index is 13.8. The van der Waals surface area contributed by atoms with Crippen molar-refractivity contribution in [3.63, 3.8) is 0 Å². The van der Waals surface area contributed by atoms with Crippen molar-refractivity contribution in [2.24, 2.45) is 17.8 Å². The van der Waals surface area contributed by atoms with Gasteiger partial charge in [0.1, 0.15) is 5.75 Å². The van der Waals surface area contributed by atoms with Crippen LogP contribution >= 0.6 is 31.9 Å². The number of fused-ring (bicyclic) bond motifs is 3. The number of benzene rings is 2. The number of Topliss-reactive ketones (excluding diaryl/α,β-unsaturated/α-hetero) is 1. The highest BCUT2D eigenvalue weighted by Crippen LogP contribution is 2.56. The van der Waals surface area contributed by atoms with E-state index >= 15 is 0 Å². The second-order valence-electron chi connectivity index (χ2n) is 9.92. The Morgan fingerprint density at radius 3 is 2.35 bits per heavy atom. The number of halogens is 2. The van der Waals surface area contributed by atoms with E-state index in [4.69, 9.17) is 0 Å². The van der Waals surface area contributed by atoms with Crippen LogP contribution in [0.15, 0.2) is 85.9 Å². The van der Waals surface area contributed by atoms with Crippen molar-refractivity contribution in [2.75, 3.05) is 4.90 Å². The second-order valence-corrected chi connectivity index (χ2v) is 11.8. The summed E-state index contributed by atoms with van der Waals surface area (Å²) in [5.41, 5.74) is 2.89. The molecule has 6 nitrogen and oxygen atoms in total. The number of phenolic OH excluding ortho intramolecular Hbond substituents is 1. The van der Waals surface area contributed by atoms with Crippen molar-refractivity contribution in [1.82, 2.24) is 0 Å². The first kappa shape index (κ1) is 24.2. The fourth-order valence-electron chi connectivity index (χ4n) is 6.32. The summed E-state index contributed by atoms with van der Waals surface area (Å²) in [6.07, 6.45) is 3.85. The van der Waals surface area contributed by atoms with Gasteiger partial charge in [-0.3, -0.25) is 24.1 Å². The SMILES string of the molecule is CC1=CC(=O)C2=C(C1=O)[C@@H](c1cc(Br)ccc1O)C1=CC[C@@H]3C(=O)N(c4ccc(Br)cc4)C(=O)[C@@H]3[C@@H]1C2. The molecule has 2 aromatic carbocycles. The van der Waals surface area contributed by atoms with Crippen LogP contribution in [0.4, 0.5) is 5.69 Å². The van der Waals surface area contributed by atoms with Gasteiger partial charge in [0.15, 0.2) is 11.6 Å². The first-order valence-corrected chi connectivity index (χ1v) is 13.6. The third-order valence-electron chi connectivity index (χ3n) is 7.95. The minimum Gasteiger partial charge on any atom is -0.508 e. The number of carbonyl (C=O) groups excluding carboxylic acids is 4. The number of aromatic hydroxyl groups is 1. The first-order chi connectivity index (χ1) is 17.7. The zero-order valence-corrected chi connectivity index (χ0v) is 22.9. The molecule has 0 bridgehead atoms. The molecule has 186 valence electrons. The molecule has 37 heavy (non-hydrogen) atoms. The molecule has 1 saturated heterocycles. The molecule has 4 atom stereocenters. The molecule has 0 unspecified atom stereocenters. The average molecular weight is 623 g/mol. The Balaban J connectivity index is 1.50.